The van der Waals surface area contributed by atoms with Gasteiger partial charge in [0.1, 0.15) is 5.75 Å². The van der Waals surface area contributed by atoms with E-state index in [2.05, 4.69) is 10.6 Å². The van der Waals surface area contributed by atoms with Gasteiger partial charge in [0.05, 0.1) is 11.6 Å². The average molecular weight is 371 g/mol. The molecule has 0 aliphatic carbocycles. The number of rotatable bonds is 7. The third kappa shape index (κ3) is 5.01. The lowest BCUT2D eigenvalue weighted by atomic mass is 9.89. The summed E-state index contributed by atoms with van der Waals surface area (Å²) in [6.07, 6.45) is 6.23. The molecule has 1 aromatic rings. The normalized spacial score (nSPS) is 25.5. The predicted octanol–water partition coefficient (Wildman–Crippen LogP) is 3.80. The van der Waals surface area contributed by atoms with Crippen LogP contribution in [-0.4, -0.2) is 31.1 Å². The number of hydrogen-bond donors (Lipinski definition) is 2. The highest BCUT2D eigenvalue weighted by molar-refractivity contribution is 6.35. The Balaban J connectivity index is 1.29. The second-order valence-corrected chi connectivity index (χ2v) is 7.65. The Labute approximate surface area is 153 Å². The second-order valence-electron chi connectivity index (χ2n) is 6.81. The predicted molar refractivity (Wildman–Crippen MR) is 96.9 cm³/mol. The van der Waals surface area contributed by atoms with Crippen molar-refractivity contribution < 1.29 is 9.53 Å². The van der Waals surface area contributed by atoms with Gasteiger partial charge in [0.2, 0.25) is 5.91 Å². The molecule has 2 atom stereocenters. The van der Waals surface area contributed by atoms with Crippen molar-refractivity contribution >= 4 is 29.1 Å². The molecule has 2 aliphatic rings. The molecule has 132 valence electrons. The second kappa shape index (κ2) is 8.41. The lowest BCUT2D eigenvalue weighted by molar-refractivity contribution is -0.122. The van der Waals surface area contributed by atoms with Crippen molar-refractivity contribution in [1.82, 2.24) is 10.6 Å². The van der Waals surface area contributed by atoms with Crippen LogP contribution in [0.25, 0.3) is 0 Å². The van der Waals surface area contributed by atoms with Crippen LogP contribution in [0.5, 0.6) is 5.75 Å². The topological polar surface area (TPSA) is 50.4 Å². The van der Waals surface area contributed by atoms with Gasteiger partial charge in [-0.25, -0.2) is 0 Å². The van der Waals surface area contributed by atoms with E-state index in [0.717, 1.165) is 19.3 Å². The maximum absolute atomic E-state index is 12.1. The zero-order chi connectivity index (χ0) is 16.9. The van der Waals surface area contributed by atoms with Crippen molar-refractivity contribution in [2.75, 3.05) is 13.2 Å². The minimum Gasteiger partial charge on any atom is -0.492 e. The van der Waals surface area contributed by atoms with Crippen LogP contribution in [0.4, 0.5) is 0 Å². The van der Waals surface area contributed by atoms with Gasteiger partial charge in [-0.15, -0.1) is 0 Å². The van der Waals surface area contributed by atoms with Crippen LogP contribution in [-0.2, 0) is 4.79 Å². The van der Waals surface area contributed by atoms with E-state index in [4.69, 9.17) is 27.9 Å². The van der Waals surface area contributed by atoms with Gasteiger partial charge in [0.15, 0.2) is 0 Å². The Morgan fingerprint density at radius 1 is 1.25 bits per heavy atom. The molecule has 2 bridgehead atoms. The quantitative estimate of drug-likeness (QED) is 0.717. The molecule has 0 radical (unpaired) electrons. The van der Waals surface area contributed by atoms with Crippen molar-refractivity contribution in [2.24, 2.45) is 5.92 Å². The maximum atomic E-state index is 12.1. The standard InChI is InChI=1S/C18H24Cl2N2O2/c19-13-2-5-17(16(20)11-13)24-7-1-6-21-18(23)10-12-8-14-3-4-15(9-12)22-14/h2,5,11-12,14-15,22H,1,3-4,6-10H2,(H,21,23). The van der Waals surface area contributed by atoms with E-state index in [1.54, 1.807) is 18.2 Å². The van der Waals surface area contributed by atoms with Gasteiger partial charge in [-0.3, -0.25) is 4.79 Å². The monoisotopic (exact) mass is 370 g/mol. The third-order valence-corrected chi connectivity index (χ3v) is 5.37. The van der Waals surface area contributed by atoms with Crippen LogP contribution < -0.4 is 15.4 Å². The summed E-state index contributed by atoms with van der Waals surface area (Å²) >= 11 is 11.9. The Kier molecular flexibility index (Phi) is 6.25. The molecule has 0 aromatic heterocycles. The number of carbonyl (C=O) groups excluding carboxylic acids is 1. The molecule has 1 amide bonds. The van der Waals surface area contributed by atoms with Gasteiger partial charge in [0, 0.05) is 30.1 Å². The number of ether oxygens (including phenoxy) is 1. The van der Waals surface area contributed by atoms with E-state index in [0.29, 0.717) is 53.4 Å². The van der Waals surface area contributed by atoms with Crippen molar-refractivity contribution in [2.45, 2.75) is 50.6 Å². The molecule has 1 aromatic carbocycles. The molecule has 0 saturated carbocycles. The summed E-state index contributed by atoms with van der Waals surface area (Å²) in [5.41, 5.74) is 0. The van der Waals surface area contributed by atoms with E-state index in [1.807, 2.05) is 0 Å². The summed E-state index contributed by atoms with van der Waals surface area (Å²) in [6.45, 7) is 1.14. The van der Waals surface area contributed by atoms with Crippen molar-refractivity contribution in [3.63, 3.8) is 0 Å². The molecule has 2 saturated heterocycles. The summed E-state index contributed by atoms with van der Waals surface area (Å²) in [6, 6.07) is 6.44. The molecule has 6 heteroatoms. The zero-order valence-electron chi connectivity index (χ0n) is 13.7. The molecule has 3 rings (SSSR count). The summed E-state index contributed by atoms with van der Waals surface area (Å²) in [5.74, 6) is 1.32. The lowest BCUT2D eigenvalue weighted by Gasteiger charge is -2.28. The molecule has 2 unspecified atom stereocenters. The van der Waals surface area contributed by atoms with E-state index in [1.165, 1.54) is 12.8 Å². The first-order valence-electron chi connectivity index (χ1n) is 8.71. The summed E-state index contributed by atoms with van der Waals surface area (Å²) in [4.78, 5) is 12.1. The van der Waals surface area contributed by atoms with Crippen LogP contribution in [0.3, 0.4) is 0 Å². The first kappa shape index (κ1) is 17.8. The molecule has 2 aliphatic heterocycles. The molecule has 24 heavy (non-hydrogen) atoms. The Hall–Kier alpha value is -0.970. The van der Waals surface area contributed by atoms with E-state index < -0.39 is 0 Å². The van der Waals surface area contributed by atoms with Gasteiger partial charge < -0.3 is 15.4 Å². The van der Waals surface area contributed by atoms with Gasteiger partial charge >= 0.3 is 0 Å². The van der Waals surface area contributed by atoms with E-state index in [-0.39, 0.29) is 5.91 Å². The van der Waals surface area contributed by atoms with Crippen LogP contribution in [0.2, 0.25) is 10.0 Å². The average Bonchev–Trinajstić information content (AvgIpc) is 2.87. The van der Waals surface area contributed by atoms with Crippen molar-refractivity contribution in [3.8, 4) is 5.75 Å². The van der Waals surface area contributed by atoms with E-state index in [9.17, 15) is 4.79 Å². The van der Waals surface area contributed by atoms with Gasteiger partial charge in [-0.05, 0) is 56.2 Å². The van der Waals surface area contributed by atoms with Gasteiger partial charge in [-0.1, -0.05) is 23.2 Å². The lowest BCUT2D eigenvalue weighted by Crippen LogP contribution is -2.39. The fourth-order valence-electron chi connectivity index (χ4n) is 3.75. The van der Waals surface area contributed by atoms with Crippen molar-refractivity contribution in [3.05, 3.63) is 28.2 Å². The molecule has 0 spiro atoms. The zero-order valence-corrected chi connectivity index (χ0v) is 15.2. The number of halogens is 2. The summed E-state index contributed by atoms with van der Waals surface area (Å²) in [7, 11) is 0. The molecule has 2 heterocycles. The Morgan fingerprint density at radius 3 is 2.71 bits per heavy atom. The summed E-state index contributed by atoms with van der Waals surface area (Å²) < 4.78 is 5.61. The Morgan fingerprint density at radius 2 is 2.00 bits per heavy atom. The fraction of sp³-hybridized carbons (Fsp3) is 0.611. The Bertz CT molecular complexity index is 570. The third-order valence-electron chi connectivity index (χ3n) is 4.84. The van der Waals surface area contributed by atoms with Crippen LogP contribution in [0, 0.1) is 5.92 Å². The molecular formula is C18H24Cl2N2O2. The number of benzene rings is 1. The van der Waals surface area contributed by atoms with Crippen molar-refractivity contribution in [1.29, 1.82) is 0 Å². The minimum atomic E-state index is 0.158. The number of piperidine rings is 1. The molecule has 4 nitrogen and oxygen atoms in total. The molecule has 2 fully saturated rings. The maximum Gasteiger partial charge on any atom is 0.220 e. The van der Waals surface area contributed by atoms with E-state index >= 15 is 0 Å². The number of nitrogens with one attached hydrogen (secondary N) is 2. The highest BCUT2D eigenvalue weighted by atomic mass is 35.5. The highest BCUT2D eigenvalue weighted by Gasteiger charge is 2.33. The smallest absolute Gasteiger partial charge is 0.220 e. The number of amides is 1. The first-order chi connectivity index (χ1) is 11.6. The van der Waals surface area contributed by atoms with Crippen LogP contribution >= 0.6 is 23.2 Å². The van der Waals surface area contributed by atoms with Gasteiger partial charge in [0.25, 0.3) is 0 Å². The summed E-state index contributed by atoms with van der Waals surface area (Å²) in [5, 5.41) is 7.70. The highest BCUT2D eigenvalue weighted by Crippen LogP contribution is 2.32. The van der Waals surface area contributed by atoms with Crippen LogP contribution in [0.1, 0.15) is 38.5 Å². The molecular weight excluding hydrogens is 347 g/mol. The number of carbonyl (C=O) groups is 1. The first-order valence-corrected chi connectivity index (χ1v) is 9.46. The number of hydrogen-bond acceptors (Lipinski definition) is 3. The number of fused-ring (bicyclic) bond motifs is 2. The largest absolute Gasteiger partial charge is 0.492 e. The SMILES string of the molecule is O=C(CC1CC2CCC(C1)N2)NCCCOc1ccc(Cl)cc1Cl. The fourth-order valence-corrected chi connectivity index (χ4v) is 4.21. The van der Waals surface area contributed by atoms with Crippen LogP contribution in [0.15, 0.2) is 18.2 Å². The molecule has 2 N–H and O–H groups in total. The van der Waals surface area contributed by atoms with Gasteiger partial charge in [-0.2, -0.15) is 0 Å². The minimum absolute atomic E-state index is 0.158.